The lowest BCUT2D eigenvalue weighted by molar-refractivity contribution is 0.0983. The summed E-state index contributed by atoms with van der Waals surface area (Å²) < 4.78 is 29.3. The van der Waals surface area contributed by atoms with Crippen molar-refractivity contribution in [3.8, 4) is 0 Å². The maximum absolute atomic E-state index is 12.1. The molecular formula is C12H25NO3S. The molecule has 4 nitrogen and oxygen atoms in total. The van der Waals surface area contributed by atoms with E-state index in [1.807, 2.05) is 7.05 Å². The van der Waals surface area contributed by atoms with Crippen LogP contribution in [0.1, 0.15) is 39.0 Å². The van der Waals surface area contributed by atoms with Crippen molar-refractivity contribution in [2.75, 3.05) is 26.0 Å². The van der Waals surface area contributed by atoms with Gasteiger partial charge in [-0.25, -0.2) is 8.42 Å². The molecule has 102 valence electrons. The third-order valence-corrected chi connectivity index (χ3v) is 5.90. The largest absolute Gasteiger partial charge is 0.381 e. The maximum atomic E-state index is 12.1. The van der Waals surface area contributed by atoms with Crippen molar-refractivity contribution >= 4 is 9.84 Å². The van der Waals surface area contributed by atoms with Crippen LogP contribution in [0.25, 0.3) is 0 Å². The average Bonchev–Trinajstić information content (AvgIpc) is 2.36. The van der Waals surface area contributed by atoms with E-state index in [4.69, 9.17) is 4.74 Å². The number of rotatable bonds is 7. The Labute approximate surface area is 105 Å². The van der Waals surface area contributed by atoms with Gasteiger partial charge in [0.25, 0.3) is 0 Å². The smallest absolute Gasteiger partial charge is 0.153 e. The minimum absolute atomic E-state index is 0.161. The zero-order valence-corrected chi connectivity index (χ0v) is 11.8. The summed E-state index contributed by atoms with van der Waals surface area (Å²) in [7, 11) is -0.972. The Kier molecular flexibility index (Phi) is 6.44. The highest BCUT2D eigenvalue weighted by atomic mass is 32.2. The van der Waals surface area contributed by atoms with Gasteiger partial charge in [0, 0.05) is 19.3 Å². The summed E-state index contributed by atoms with van der Waals surface area (Å²) in [6.07, 6.45) is 4.10. The van der Waals surface area contributed by atoms with Crippen molar-refractivity contribution in [1.29, 1.82) is 0 Å². The Hall–Kier alpha value is -0.130. The standard InChI is InChI=1S/C12H25NO3S/c1-3-11(13-2)5-4-10-17(14,15)12-6-8-16-9-7-12/h11-13H,3-10H2,1-2H3. The van der Waals surface area contributed by atoms with E-state index in [9.17, 15) is 8.42 Å². The molecular weight excluding hydrogens is 238 g/mol. The van der Waals surface area contributed by atoms with E-state index >= 15 is 0 Å². The van der Waals surface area contributed by atoms with E-state index in [-0.39, 0.29) is 5.25 Å². The first-order valence-corrected chi connectivity index (χ1v) is 8.28. The van der Waals surface area contributed by atoms with Crippen molar-refractivity contribution < 1.29 is 13.2 Å². The summed E-state index contributed by atoms with van der Waals surface area (Å²) in [6, 6.07) is 0.444. The lowest BCUT2D eigenvalue weighted by Gasteiger charge is -2.22. The second-order valence-corrected chi connectivity index (χ2v) is 7.12. The van der Waals surface area contributed by atoms with E-state index in [1.54, 1.807) is 0 Å². The third kappa shape index (κ3) is 4.94. The Morgan fingerprint density at radius 1 is 1.35 bits per heavy atom. The minimum Gasteiger partial charge on any atom is -0.381 e. The Bertz CT molecular complexity index is 293. The van der Waals surface area contributed by atoms with Crippen LogP contribution in [-0.4, -0.2) is 45.7 Å². The highest BCUT2D eigenvalue weighted by molar-refractivity contribution is 7.92. The molecule has 1 saturated heterocycles. The van der Waals surface area contributed by atoms with Crippen molar-refractivity contribution in [1.82, 2.24) is 5.32 Å². The molecule has 1 aliphatic rings. The van der Waals surface area contributed by atoms with Crippen LogP contribution >= 0.6 is 0 Å². The molecule has 0 bridgehead atoms. The quantitative estimate of drug-likeness (QED) is 0.753. The monoisotopic (exact) mass is 263 g/mol. The molecule has 5 heteroatoms. The van der Waals surface area contributed by atoms with E-state index in [2.05, 4.69) is 12.2 Å². The summed E-state index contributed by atoms with van der Waals surface area (Å²) in [5.41, 5.74) is 0. The van der Waals surface area contributed by atoms with E-state index in [0.29, 0.717) is 37.9 Å². The lowest BCUT2D eigenvalue weighted by atomic mass is 10.1. The summed E-state index contributed by atoms with van der Waals surface area (Å²) in [6.45, 7) is 3.31. The number of sulfone groups is 1. The first-order chi connectivity index (χ1) is 8.10. The highest BCUT2D eigenvalue weighted by Crippen LogP contribution is 2.18. The van der Waals surface area contributed by atoms with Gasteiger partial charge in [0.15, 0.2) is 9.84 Å². The molecule has 0 aliphatic carbocycles. The van der Waals surface area contributed by atoms with E-state index < -0.39 is 9.84 Å². The maximum Gasteiger partial charge on any atom is 0.153 e. The number of nitrogens with one attached hydrogen (secondary N) is 1. The van der Waals surface area contributed by atoms with Crippen LogP contribution in [0, 0.1) is 0 Å². The Morgan fingerprint density at radius 2 is 2.00 bits per heavy atom. The zero-order chi connectivity index (χ0) is 12.7. The first kappa shape index (κ1) is 14.9. The Morgan fingerprint density at radius 3 is 2.53 bits per heavy atom. The van der Waals surface area contributed by atoms with Gasteiger partial charge >= 0.3 is 0 Å². The summed E-state index contributed by atoms with van der Waals surface area (Å²) >= 11 is 0. The van der Waals surface area contributed by atoms with Gasteiger partial charge in [-0.3, -0.25) is 0 Å². The van der Waals surface area contributed by atoms with Crippen LogP contribution in [0.3, 0.4) is 0 Å². The van der Waals surface area contributed by atoms with Gasteiger partial charge in [-0.1, -0.05) is 6.92 Å². The molecule has 1 heterocycles. The molecule has 0 aromatic rings. The fourth-order valence-corrected chi connectivity index (χ4v) is 4.10. The average molecular weight is 263 g/mol. The summed E-state index contributed by atoms with van der Waals surface area (Å²) in [5.74, 6) is 0.329. The molecule has 1 fully saturated rings. The van der Waals surface area contributed by atoms with Gasteiger partial charge in [0.2, 0.25) is 0 Å². The molecule has 0 spiro atoms. The topological polar surface area (TPSA) is 55.4 Å². The molecule has 0 aromatic carbocycles. The number of hydrogen-bond donors (Lipinski definition) is 1. The first-order valence-electron chi connectivity index (χ1n) is 6.56. The molecule has 1 aliphatic heterocycles. The van der Waals surface area contributed by atoms with Crippen molar-refractivity contribution in [2.24, 2.45) is 0 Å². The highest BCUT2D eigenvalue weighted by Gasteiger charge is 2.27. The van der Waals surface area contributed by atoms with Crippen molar-refractivity contribution in [3.05, 3.63) is 0 Å². The fraction of sp³-hybridized carbons (Fsp3) is 1.00. The molecule has 1 rings (SSSR count). The minimum atomic E-state index is -2.90. The second-order valence-electron chi connectivity index (χ2n) is 4.71. The van der Waals surface area contributed by atoms with Gasteiger partial charge < -0.3 is 10.1 Å². The number of hydrogen-bond acceptors (Lipinski definition) is 4. The number of ether oxygens (including phenoxy) is 1. The second kappa shape index (κ2) is 7.34. The predicted octanol–water partition coefficient (Wildman–Crippen LogP) is 1.36. The van der Waals surface area contributed by atoms with Gasteiger partial charge in [-0.15, -0.1) is 0 Å². The SMILES string of the molecule is CCC(CCCS(=O)(=O)C1CCOCC1)NC. The zero-order valence-electron chi connectivity index (χ0n) is 10.9. The molecule has 1 atom stereocenters. The van der Waals surface area contributed by atoms with Gasteiger partial charge in [0.1, 0.15) is 0 Å². The molecule has 0 aromatic heterocycles. The molecule has 0 amide bonds. The van der Waals surface area contributed by atoms with Crippen molar-refractivity contribution in [2.45, 2.75) is 50.3 Å². The van der Waals surface area contributed by atoms with Gasteiger partial charge in [-0.05, 0) is 39.2 Å². The van der Waals surface area contributed by atoms with E-state index in [0.717, 1.165) is 19.3 Å². The van der Waals surface area contributed by atoms with E-state index in [1.165, 1.54) is 0 Å². The van der Waals surface area contributed by atoms with Crippen molar-refractivity contribution in [3.63, 3.8) is 0 Å². The summed E-state index contributed by atoms with van der Waals surface area (Å²) in [5, 5.41) is 3.04. The molecule has 1 unspecified atom stereocenters. The summed E-state index contributed by atoms with van der Waals surface area (Å²) in [4.78, 5) is 0. The van der Waals surface area contributed by atoms with Crippen LogP contribution in [-0.2, 0) is 14.6 Å². The van der Waals surface area contributed by atoms with Crippen LogP contribution in [0.2, 0.25) is 0 Å². The molecule has 1 N–H and O–H groups in total. The molecule has 0 radical (unpaired) electrons. The Balaban J connectivity index is 2.33. The van der Waals surface area contributed by atoms with Gasteiger partial charge in [-0.2, -0.15) is 0 Å². The van der Waals surface area contributed by atoms with Crippen LogP contribution in [0.5, 0.6) is 0 Å². The van der Waals surface area contributed by atoms with Gasteiger partial charge in [0.05, 0.1) is 11.0 Å². The molecule has 17 heavy (non-hydrogen) atoms. The third-order valence-electron chi connectivity index (χ3n) is 3.56. The lowest BCUT2D eigenvalue weighted by Crippen LogP contribution is -2.31. The fourth-order valence-electron chi connectivity index (χ4n) is 2.29. The normalized spacial score (nSPS) is 20.4. The molecule has 0 saturated carbocycles. The predicted molar refractivity (Wildman–Crippen MR) is 70.0 cm³/mol. The van der Waals surface area contributed by atoms with Crippen LogP contribution < -0.4 is 5.32 Å². The van der Waals surface area contributed by atoms with Crippen LogP contribution in [0.15, 0.2) is 0 Å². The van der Waals surface area contributed by atoms with Crippen LogP contribution in [0.4, 0.5) is 0 Å².